The van der Waals surface area contributed by atoms with Crippen molar-refractivity contribution >= 4 is 11.9 Å². The monoisotopic (exact) mass is 412 g/mol. The van der Waals surface area contributed by atoms with E-state index < -0.39 is 23.5 Å². The number of carbonyl (C=O) groups excluding carboxylic acids is 2. The number of amides is 1. The molecule has 0 unspecified atom stereocenters. The highest BCUT2D eigenvalue weighted by atomic mass is 19.1. The fraction of sp³-hybridized carbons (Fsp3) is 0.455. The van der Waals surface area contributed by atoms with E-state index in [2.05, 4.69) is 16.5 Å². The normalized spacial score (nSPS) is 15.8. The summed E-state index contributed by atoms with van der Waals surface area (Å²) in [7, 11) is 0. The largest absolute Gasteiger partial charge is 0.448 e. The van der Waals surface area contributed by atoms with Gasteiger partial charge in [-0.3, -0.25) is 4.79 Å². The standard InChI is InChI=1S/C22H25FN4O3/c1-13(2)22(4,12-24)25-20(28)14(3)30-21(29)19-17-6-5-7-18(17)27(26-19)16-10-8-15(23)9-11-16/h8-11,13-14H,5-7H2,1-4H3,(H,25,28)/t14-,22-/m1/s1. The van der Waals surface area contributed by atoms with Crippen LogP contribution in [0, 0.1) is 23.1 Å². The van der Waals surface area contributed by atoms with Crippen LogP contribution in [-0.4, -0.2) is 33.3 Å². The number of rotatable bonds is 6. The topological polar surface area (TPSA) is 97.0 Å². The quantitative estimate of drug-likeness (QED) is 0.736. The Balaban J connectivity index is 1.79. The van der Waals surface area contributed by atoms with E-state index in [0.717, 1.165) is 24.1 Å². The molecule has 0 fully saturated rings. The molecule has 158 valence electrons. The van der Waals surface area contributed by atoms with E-state index in [-0.39, 0.29) is 17.4 Å². The number of nitrogens with zero attached hydrogens (tertiary/aromatic N) is 3. The van der Waals surface area contributed by atoms with Gasteiger partial charge in [0.15, 0.2) is 11.8 Å². The van der Waals surface area contributed by atoms with Crippen molar-refractivity contribution in [1.82, 2.24) is 15.1 Å². The molecule has 7 nitrogen and oxygen atoms in total. The summed E-state index contributed by atoms with van der Waals surface area (Å²) in [6.07, 6.45) is 1.22. The maximum atomic E-state index is 13.3. The summed E-state index contributed by atoms with van der Waals surface area (Å²) >= 11 is 0. The number of halogens is 1. The molecule has 1 aliphatic carbocycles. The number of aromatic nitrogens is 2. The van der Waals surface area contributed by atoms with Gasteiger partial charge in [-0.2, -0.15) is 10.4 Å². The van der Waals surface area contributed by atoms with Crippen molar-refractivity contribution in [2.45, 2.75) is 58.6 Å². The molecule has 1 aliphatic rings. The van der Waals surface area contributed by atoms with Gasteiger partial charge in [-0.1, -0.05) is 13.8 Å². The number of fused-ring (bicyclic) bond motifs is 1. The fourth-order valence-electron chi connectivity index (χ4n) is 3.33. The second-order valence-corrected chi connectivity index (χ2v) is 8.02. The number of benzene rings is 1. The number of ether oxygens (including phenoxy) is 1. The van der Waals surface area contributed by atoms with Crippen molar-refractivity contribution in [2.24, 2.45) is 5.92 Å². The number of nitriles is 1. The molecular formula is C22H25FN4O3. The first-order valence-corrected chi connectivity index (χ1v) is 9.97. The third-order valence-corrected chi connectivity index (χ3v) is 5.62. The molecule has 0 aliphatic heterocycles. The molecule has 1 heterocycles. The lowest BCUT2D eigenvalue weighted by Crippen LogP contribution is -2.52. The minimum atomic E-state index is -1.09. The molecule has 0 bridgehead atoms. The molecule has 0 saturated carbocycles. The van der Waals surface area contributed by atoms with Crippen molar-refractivity contribution in [3.05, 3.63) is 47.0 Å². The average molecular weight is 412 g/mol. The highest BCUT2D eigenvalue weighted by Crippen LogP contribution is 2.28. The van der Waals surface area contributed by atoms with Crippen LogP contribution in [0.4, 0.5) is 4.39 Å². The second kappa shape index (κ2) is 8.27. The van der Waals surface area contributed by atoms with Gasteiger partial charge in [-0.05, 0) is 63.3 Å². The molecule has 0 spiro atoms. The zero-order chi connectivity index (χ0) is 22.1. The number of hydrogen-bond acceptors (Lipinski definition) is 5. The van der Waals surface area contributed by atoms with Crippen molar-refractivity contribution in [3.63, 3.8) is 0 Å². The molecule has 1 aromatic carbocycles. The Morgan fingerprint density at radius 1 is 1.27 bits per heavy atom. The van der Waals surface area contributed by atoms with Crippen LogP contribution in [0.1, 0.15) is 55.9 Å². The first kappa shape index (κ1) is 21.5. The van der Waals surface area contributed by atoms with Gasteiger partial charge >= 0.3 is 5.97 Å². The van der Waals surface area contributed by atoms with Crippen molar-refractivity contribution in [2.75, 3.05) is 0 Å². The summed E-state index contributed by atoms with van der Waals surface area (Å²) in [5, 5.41) is 16.4. The van der Waals surface area contributed by atoms with Crippen LogP contribution in [0.3, 0.4) is 0 Å². The predicted octanol–water partition coefficient (Wildman–Crippen LogP) is 3.10. The Bertz CT molecular complexity index is 1010. The number of nitrogens with one attached hydrogen (secondary N) is 1. The number of esters is 1. The van der Waals surface area contributed by atoms with Crippen LogP contribution in [0.5, 0.6) is 0 Å². The Hall–Kier alpha value is -3.21. The lowest BCUT2D eigenvalue weighted by Gasteiger charge is -2.28. The van der Waals surface area contributed by atoms with Crippen LogP contribution < -0.4 is 5.32 Å². The summed E-state index contributed by atoms with van der Waals surface area (Å²) < 4.78 is 20.3. The summed E-state index contributed by atoms with van der Waals surface area (Å²) in [5.41, 5.74) is 1.44. The smallest absolute Gasteiger partial charge is 0.359 e. The van der Waals surface area contributed by atoms with Crippen molar-refractivity contribution in [3.8, 4) is 11.8 Å². The zero-order valence-corrected chi connectivity index (χ0v) is 17.5. The fourth-order valence-corrected chi connectivity index (χ4v) is 3.33. The molecule has 1 N–H and O–H groups in total. The Labute approximate surface area is 174 Å². The van der Waals surface area contributed by atoms with E-state index in [0.29, 0.717) is 12.1 Å². The summed E-state index contributed by atoms with van der Waals surface area (Å²) in [6.45, 7) is 6.74. The summed E-state index contributed by atoms with van der Waals surface area (Å²) in [4.78, 5) is 25.3. The molecule has 3 rings (SSSR count). The van der Waals surface area contributed by atoms with Crippen LogP contribution in [0.25, 0.3) is 5.69 Å². The van der Waals surface area contributed by atoms with E-state index in [1.165, 1.54) is 19.1 Å². The molecule has 1 amide bonds. The lowest BCUT2D eigenvalue weighted by atomic mass is 9.90. The van der Waals surface area contributed by atoms with Crippen LogP contribution in [-0.2, 0) is 22.4 Å². The van der Waals surface area contributed by atoms with Crippen LogP contribution in [0.15, 0.2) is 24.3 Å². The van der Waals surface area contributed by atoms with E-state index >= 15 is 0 Å². The van der Waals surface area contributed by atoms with Gasteiger partial charge in [-0.15, -0.1) is 0 Å². The first-order chi connectivity index (χ1) is 14.2. The molecule has 1 aromatic heterocycles. The summed E-state index contributed by atoms with van der Waals surface area (Å²) in [6, 6.07) is 7.96. The highest BCUT2D eigenvalue weighted by molar-refractivity contribution is 5.92. The van der Waals surface area contributed by atoms with Gasteiger partial charge in [0.25, 0.3) is 5.91 Å². The number of hydrogen-bond donors (Lipinski definition) is 1. The predicted molar refractivity (Wildman–Crippen MR) is 107 cm³/mol. The Morgan fingerprint density at radius 3 is 2.53 bits per heavy atom. The van der Waals surface area contributed by atoms with Crippen molar-refractivity contribution in [1.29, 1.82) is 5.26 Å². The van der Waals surface area contributed by atoms with Gasteiger partial charge in [-0.25, -0.2) is 13.9 Å². The van der Waals surface area contributed by atoms with Crippen LogP contribution >= 0.6 is 0 Å². The molecule has 2 aromatic rings. The van der Waals surface area contributed by atoms with Crippen molar-refractivity contribution < 1.29 is 18.7 Å². The maximum absolute atomic E-state index is 13.3. The average Bonchev–Trinajstić information content (AvgIpc) is 3.31. The minimum Gasteiger partial charge on any atom is -0.448 e. The first-order valence-electron chi connectivity index (χ1n) is 9.97. The van der Waals surface area contributed by atoms with Gasteiger partial charge in [0.1, 0.15) is 11.4 Å². The SMILES string of the molecule is CC(C)[C@@](C)(C#N)NC(=O)[C@@H](C)OC(=O)c1nn(-c2ccc(F)cc2)c2c1CCC2. The molecule has 2 atom stereocenters. The highest BCUT2D eigenvalue weighted by Gasteiger charge is 2.34. The number of carbonyl (C=O) groups is 2. The molecule has 0 radical (unpaired) electrons. The van der Waals surface area contributed by atoms with E-state index in [4.69, 9.17) is 4.74 Å². The minimum absolute atomic E-state index is 0.121. The zero-order valence-electron chi connectivity index (χ0n) is 17.5. The van der Waals surface area contributed by atoms with Gasteiger partial charge in [0.2, 0.25) is 0 Å². The third-order valence-electron chi connectivity index (χ3n) is 5.62. The molecule has 0 saturated heterocycles. The van der Waals surface area contributed by atoms with Crippen LogP contribution in [0.2, 0.25) is 0 Å². The molecular weight excluding hydrogens is 387 g/mol. The van der Waals surface area contributed by atoms with Gasteiger partial charge < -0.3 is 10.1 Å². The van der Waals surface area contributed by atoms with E-state index in [9.17, 15) is 19.2 Å². The summed E-state index contributed by atoms with van der Waals surface area (Å²) in [5.74, 6) is -1.72. The molecule has 30 heavy (non-hydrogen) atoms. The second-order valence-electron chi connectivity index (χ2n) is 8.02. The third kappa shape index (κ3) is 4.06. The lowest BCUT2D eigenvalue weighted by molar-refractivity contribution is -0.130. The maximum Gasteiger partial charge on any atom is 0.359 e. The Morgan fingerprint density at radius 2 is 1.93 bits per heavy atom. The van der Waals surface area contributed by atoms with Gasteiger partial charge in [0, 0.05) is 11.3 Å². The molecule has 8 heteroatoms. The Kier molecular flexibility index (Phi) is 5.92. The van der Waals surface area contributed by atoms with E-state index in [1.54, 1.807) is 23.7 Å². The van der Waals surface area contributed by atoms with Gasteiger partial charge in [0.05, 0.1) is 11.8 Å². The van der Waals surface area contributed by atoms with E-state index in [1.807, 2.05) is 13.8 Å².